The van der Waals surface area contributed by atoms with E-state index in [-0.39, 0.29) is 31.5 Å². The summed E-state index contributed by atoms with van der Waals surface area (Å²) in [4.78, 5) is 20.4. The first kappa shape index (κ1) is 22.1. The van der Waals surface area contributed by atoms with Gasteiger partial charge in [0.2, 0.25) is 5.91 Å². The minimum atomic E-state index is -1.11. The lowest BCUT2D eigenvalue weighted by atomic mass is 10.1. The summed E-state index contributed by atoms with van der Waals surface area (Å²) < 4.78 is 30.7. The topological polar surface area (TPSA) is 87.9 Å². The number of pyridine rings is 1. The molecule has 1 amide bonds. The van der Waals surface area contributed by atoms with E-state index >= 15 is 0 Å². The van der Waals surface area contributed by atoms with E-state index in [4.69, 9.17) is 19.5 Å². The molecule has 0 aliphatic carbocycles. The number of hydrogen-bond donors (Lipinski definition) is 0. The van der Waals surface area contributed by atoms with Gasteiger partial charge in [-0.1, -0.05) is 0 Å². The number of halogens is 1. The average molecular weight is 442 g/mol. The van der Waals surface area contributed by atoms with Gasteiger partial charge in [-0.15, -0.1) is 0 Å². The smallest absolute Gasteiger partial charge is 0.237 e. The largest absolute Gasteiger partial charge is 0.493 e. The van der Waals surface area contributed by atoms with Gasteiger partial charge in [0.15, 0.2) is 11.5 Å². The Balaban J connectivity index is 1.37. The fourth-order valence-electron chi connectivity index (χ4n) is 4.38. The van der Waals surface area contributed by atoms with Gasteiger partial charge >= 0.3 is 0 Å². The van der Waals surface area contributed by atoms with Crippen LogP contribution in [-0.2, 0) is 4.79 Å². The summed E-state index contributed by atoms with van der Waals surface area (Å²) in [5.41, 5.74) is 0.756. The number of fused-ring (bicyclic) bond motifs is 1. The number of rotatable bonds is 6. The van der Waals surface area contributed by atoms with Crippen LogP contribution in [0.1, 0.15) is 19.3 Å². The zero-order chi connectivity index (χ0) is 22.7. The van der Waals surface area contributed by atoms with Gasteiger partial charge in [0, 0.05) is 37.2 Å². The number of likely N-dealkylation sites (tertiary alicyclic amines) is 2. The van der Waals surface area contributed by atoms with Crippen LogP contribution in [0.3, 0.4) is 0 Å². The van der Waals surface area contributed by atoms with Crippen molar-refractivity contribution in [3.63, 3.8) is 0 Å². The molecule has 1 aromatic carbocycles. The molecule has 0 unspecified atom stereocenters. The number of nitriles is 1. The van der Waals surface area contributed by atoms with Gasteiger partial charge in [0.05, 0.1) is 38.9 Å². The quantitative estimate of drug-likeness (QED) is 0.679. The molecule has 0 bridgehead atoms. The molecule has 2 atom stereocenters. The first-order valence-corrected chi connectivity index (χ1v) is 10.7. The Morgan fingerprint density at radius 3 is 2.62 bits per heavy atom. The number of carbonyl (C=O) groups is 1. The maximum atomic E-state index is 13.6. The zero-order valence-electron chi connectivity index (χ0n) is 18.3. The van der Waals surface area contributed by atoms with Gasteiger partial charge in [-0.05, 0) is 25.0 Å². The average Bonchev–Trinajstić information content (AvgIpc) is 3.20. The number of ether oxygens (including phenoxy) is 3. The van der Waals surface area contributed by atoms with Crippen LogP contribution >= 0.6 is 0 Å². The molecule has 3 heterocycles. The van der Waals surface area contributed by atoms with Crippen molar-refractivity contribution in [1.82, 2.24) is 14.8 Å². The number of piperidine rings is 1. The third-order valence-corrected chi connectivity index (χ3v) is 6.11. The molecule has 2 fully saturated rings. The maximum Gasteiger partial charge on any atom is 0.237 e. The van der Waals surface area contributed by atoms with Crippen LogP contribution in [0.2, 0.25) is 0 Å². The van der Waals surface area contributed by atoms with Crippen molar-refractivity contribution in [3.8, 4) is 23.3 Å². The molecule has 2 saturated heterocycles. The molecule has 0 saturated carbocycles. The predicted molar refractivity (Wildman–Crippen MR) is 116 cm³/mol. The third kappa shape index (κ3) is 4.55. The number of carbonyl (C=O) groups excluding carboxylic acids is 1. The molecule has 1 aromatic heterocycles. The summed E-state index contributed by atoms with van der Waals surface area (Å²) in [5, 5.41) is 10.0. The van der Waals surface area contributed by atoms with E-state index in [1.165, 1.54) is 4.90 Å². The van der Waals surface area contributed by atoms with Crippen molar-refractivity contribution in [2.75, 3.05) is 40.4 Å². The van der Waals surface area contributed by atoms with Crippen molar-refractivity contribution >= 4 is 16.8 Å². The third-order valence-electron chi connectivity index (χ3n) is 6.11. The molecule has 170 valence electrons. The van der Waals surface area contributed by atoms with E-state index in [0.29, 0.717) is 24.6 Å². The first-order valence-electron chi connectivity index (χ1n) is 10.7. The Hall–Kier alpha value is -3.12. The van der Waals surface area contributed by atoms with Gasteiger partial charge in [0.25, 0.3) is 0 Å². The Labute approximate surface area is 186 Å². The lowest BCUT2D eigenvalue weighted by Gasteiger charge is -2.33. The maximum absolute atomic E-state index is 13.6. The Morgan fingerprint density at radius 2 is 1.94 bits per heavy atom. The molecule has 8 nitrogen and oxygen atoms in total. The van der Waals surface area contributed by atoms with Crippen molar-refractivity contribution in [3.05, 3.63) is 24.4 Å². The number of benzene rings is 1. The highest BCUT2D eigenvalue weighted by molar-refractivity contribution is 5.88. The fourth-order valence-corrected chi connectivity index (χ4v) is 4.38. The summed E-state index contributed by atoms with van der Waals surface area (Å²) in [7, 11) is 3.18. The second kappa shape index (κ2) is 9.57. The van der Waals surface area contributed by atoms with Crippen LogP contribution in [0.4, 0.5) is 4.39 Å². The SMILES string of the molecule is COc1cc2nccc(OC3CCN(CC(=O)N4C[C@@H](F)C[C@H]4C#N)CC3)c2cc1OC. The lowest BCUT2D eigenvalue weighted by molar-refractivity contribution is -0.133. The van der Waals surface area contributed by atoms with Gasteiger partial charge in [0.1, 0.15) is 24.1 Å². The van der Waals surface area contributed by atoms with Gasteiger partial charge in [-0.3, -0.25) is 14.7 Å². The molecule has 32 heavy (non-hydrogen) atoms. The molecule has 0 spiro atoms. The summed E-state index contributed by atoms with van der Waals surface area (Å²) in [6.07, 6.45) is 2.23. The van der Waals surface area contributed by atoms with Crippen LogP contribution in [0.15, 0.2) is 24.4 Å². The molecule has 9 heteroatoms. The summed E-state index contributed by atoms with van der Waals surface area (Å²) in [5.74, 6) is 1.77. The fraction of sp³-hybridized carbons (Fsp3) is 0.522. The van der Waals surface area contributed by atoms with Crippen LogP contribution < -0.4 is 14.2 Å². The van der Waals surface area contributed by atoms with Crippen LogP contribution in [0.5, 0.6) is 17.2 Å². The Bertz CT molecular complexity index is 1020. The van der Waals surface area contributed by atoms with Crippen LogP contribution in [0, 0.1) is 11.3 Å². The molecule has 0 N–H and O–H groups in total. The second-order valence-corrected chi connectivity index (χ2v) is 8.15. The standard InChI is InChI=1S/C23H27FN4O4/c1-30-21-10-18-19(11-22(21)31-2)26-6-3-20(18)32-17-4-7-27(8-5-17)14-23(29)28-13-15(24)9-16(28)12-25/h3,6,10-11,15-17H,4-5,7-9,13-14H2,1-2H3/t15-,16-/m0/s1. The number of amides is 1. The highest BCUT2D eigenvalue weighted by Crippen LogP contribution is 2.36. The number of aromatic nitrogens is 1. The van der Waals surface area contributed by atoms with E-state index in [1.54, 1.807) is 20.4 Å². The molecular weight excluding hydrogens is 415 g/mol. The minimum Gasteiger partial charge on any atom is -0.493 e. The number of methoxy groups -OCH3 is 2. The van der Waals surface area contributed by atoms with Gasteiger partial charge < -0.3 is 19.1 Å². The van der Waals surface area contributed by atoms with Crippen molar-refractivity contribution in [1.29, 1.82) is 5.26 Å². The number of nitrogens with zero attached hydrogens (tertiary/aromatic N) is 4. The van der Waals surface area contributed by atoms with E-state index < -0.39 is 12.2 Å². The molecule has 2 aromatic rings. The van der Waals surface area contributed by atoms with E-state index in [9.17, 15) is 9.18 Å². The van der Waals surface area contributed by atoms with Crippen molar-refractivity contribution < 1.29 is 23.4 Å². The minimum absolute atomic E-state index is 0.00825. The van der Waals surface area contributed by atoms with Gasteiger partial charge in [-0.2, -0.15) is 5.26 Å². The van der Waals surface area contributed by atoms with E-state index in [2.05, 4.69) is 4.98 Å². The zero-order valence-corrected chi connectivity index (χ0v) is 18.3. The Morgan fingerprint density at radius 1 is 1.22 bits per heavy atom. The van der Waals surface area contributed by atoms with E-state index in [1.807, 2.05) is 29.2 Å². The highest BCUT2D eigenvalue weighted by Gasteiger charge is 2.36. The summed E-state index contributed by atoms with van der Waals surface area (Å²) in [6, 6.07) is 6.90. The Kier molecular flexibility index (Phi) is 6.61. The van der Waals surface area contributed by atoms with Crippen LogP contribution in [0.25, 0.3) is 10.9 Å². The summed E-state index contributed by atoms with van der Waals surface area (Å²) in [6.45, 7) is 1.61. The normalized spacial score (nSPS) is 22.0. The monoisotopic (exact) mass is 442 g/mol. The van der Waals surface area contributed by atoms with E-state index in [0.717, 1.165) is 29.5 Å². The molecule has 0 radical (unpaired) electrons. The van der Waals surface area contributed by atoms with Gasteiger partial charge in [-0.25, -0.2) is 4.39 Å². The molecule has 4 rings (SSSR count). The van der Waals surface area contributed by atoms with Crippen LogP contribution in [-0.4, -0.2) is 79.4 Å². The molecular formula is C23H27FN4O4. The second-order valence-electron chi connectivity index (χ2n) is 8.15. The first-order chi connectivity index (χ1) is 15.5. The predicted octanol–water partition coefficient (Wildman–Crippen LogP) is 2.56. The molecule has 2 aliphatic rings. The van der Waals surface area contributed by atoms with Crippen molar-refractivity contribution in [2.24, 2.45) is 0 Å². The lowest BCUT2D eigenvalue weighted by Crippen LogP contribution is -2.46. The number of alkyl halides is 1. The molecule has 2 aliphatic heterocycles. The van der Waals surface area contributed by atoms with Crippen molar-refractivity contribution in [2.45, 2.75) is 37.6 Å². The number of hydrogen-bond acceptors (Lipinski definition) is 7. The summed E-state index contributed by atoms with van der Waals surface area (Å²) >= 11 is 0. The highest BCUT2D eigenvalue weighted by atomic mass is 19.1.